The van der Waals surface area contributed by atoms with Gasteiger partial charge in [-0.25, -0.2) is 9.18 Å². The summed E-state index contributed by atoms with van der Waals surface area (Å²) in [6.45, 7) is 10.1. The van der Waals surface area contributed by atoms with Crippen molar-refractivity contribution in [3.8, 4) is 0 Å². The average molecular weight is 277 g/mol. The number of ether oxygens (including phenoxy) is 1. The van der Waals surface area contributed by atoms with Crippen LogP contribution in [0.2, 0.25) is 0 Å². The average Bonchev–Trinajstić information content (AvgIpc) is 2.18. The first-order chi connectivity index (χ1) is 8.08. The Morgan fingerprint density at radius 1 is 1.67 bits per heavy atom. The fourth-order valence-corrected chi connectivity index (χ4v) is 1.76. The number of hydrogen-bond acceptors (Lipinski definition) is 3. The Labute approximate surface area is 111 Å². The summed E-state index contributed by atoms with van der Waals surface area (Å²) in [6, 6.07) is 0. The van der Waals surface area contributed by atoms with Gasteiger partial charge in [-0.15, -0.1) is 0 Å². The van der Waals surface area contributed by atoms with Crippen molar-refractivity contribution in [3.05, 3.63) is 23.5 Å². The van der Waals surface area contributed by atoms with Crippen LogP contribution in [-0.4, -0.2) is 28.9 Å². The standard InChI is InChI=1S/C12H18ClFN2O2/c1-8-7-16(10(17)18-11(2,3)4)12(5,14)9(6-13)15-8/h6,15H,1,7H2,2-5H3/b9-6-. The van der Waals surface area contributed by atoms with Crippen LogP contribution in [0.25, 0.3) is 0 Å². The molecule has 1 atom stereocenters. The molecule has 1 unspecified atom stereocenters. The number of piperazine rings is 1. The summed E-state index contributed by atoms with van der Waals surface area (Å²) in [5, 5.41) is 2.71. The highest BCUT2D eigenvalue weighted by Crippen LogP contribution is 2.31. The third kappa shape index (κ3) is 3.16. The van der Waals surface area contributed by atoms with Gasteiger partial charge < -0.3 is 10.1 Å². The zero-order chi connectivity index (χ0) is 14.1. The van der Waals surface area contributed by atoms with Crippen LogP contribution < -0.4 is 5.32 Å². The van der Waals surface area contributed by atoms with Crippen molar-refractivity contribution in [3.63, 3.8) is 0 Å². The van der Waals surface area contributed by atoms with Crippen molar-refractivity contribution < 1.29 is 13.9 Å². The normalized spacial score (nSPS) is 27.1. The number of alkyl halides is 1. The van der Waals surface area contributed by atoms with E-state index in [9.17, 15) is 9.18 Å². The second-order valence-electron chi connectivity index (χ2n) is 5.27. The Morgan fingerprint density at radius 2 is 2.22 bits per heavy atom. The molecular weight excluding hydrogens is 259 g/mol. The van der Waals surface area contributed by atoms with Gasteiger partial charge in [-0.2, -0.15) is 0 Å². The molecule has 0 saturated carbocycles. The molecule has 18 heavy (non-hydrogen) atoms. The lowest BCUT2D eigenvalue weighted by atomic mass is 10.1. The smallest absolute Gasteiger partial charge is 0.413 e. The van der Waals surface area contributed by atoms with Crippen molar-refractivity contribution in [1.82, 2.24) is 10.2 Å². The summed E-state index contributed by atoms with van der Waals surface area (Å²) in [7, 11) is 0. The molecule has 0 aromatic carbocycles. The zero-order valence-corrected chi connectivity index (χ0v) is 11.8. The molecule has 1 aliphatic rings. The minimum atomic E-state index is -2.05. The van der Waals surface area contributed by atoms with Gasteiger partial charge in [-0.05, 0) is 27.7 Å². The van der Waals surface area contributed by atoms with Gasteiger partial charge in [0.1, 0.15) is 5.60 Å². The van der Waals surface area contributed by atoms with E-state index in [-0.39, 0.29) is 12.2 Å². The first kappa shape index (κ1) is 14.8. The number of halogens is 2. The molecule has 1 amide bonds. The summed E-state index contributed by atoms with van der Waals surface area (Å²) in [5.41, 5.74) is 0.903. The topological polar surface area (TPSA) is 41.6 Å². The van der Waals surface area contributed by atoms with Crippen molar-refractivity contribution in [1.29, 1.82) is 0 Å². The molecule has 0 radical (unpaired) electrons. The fourth-order valence-electron chi connectivity index (χ4n) is 1.51. The largest absolute Gasteiger partial charge is 0.444 e. The van der Waals surface area contributed by atoms with Crippen LogP contribution in [0.3, 0.4) is 0 Å². The second-order valence-corrected chi connectivity index (χ2v) is 5.49. The lowest BCUT2D eigenvalue weighted by Gasteiger charge is -2.41. The minimum Gasteiger partial charge on any atom is -0.444 e. The van der Waals surface area contributed by atoms with Crippen molar-refractivity contribution in [2.45, 2.75) is 39.1 Å². The Morgan fingerprint density at radius 3 is 2.67 bits per heavy atom. The van der Waals surface area contributed by atoms with Crippen molar-refractivity contribution >= 4 is 17.7 Å². The number of carbonyl (C=O) groups is 1. The molecule has 0 aliphatic carbocycles. The van der Waals surface area contributed by atoms with Gasteiger partial charge in [0, 0.05) is 11.2 Å². The molecule has 6 heteroatoms. The lowest BCUT2D eigenvalue weighted by molar-refractivity contribution is -0.0321. The van der Waals surface area contributed by atoms with Gasteiger partial charge in [0.2, 0.25) is 5.79 Å². The number of nitrogens with zero attached hydrogens (tertiary/aromatic N) is 1. The summed E-state index contributed by atoms with van der Waals surface area (Å²) >= 11 is 5.55. The van der Waals surface area contributed by atoms with Crippen molar-refractivity contribution in [2.75, 3.05) is 6.54 Å². The van der Waals surface area contributed by atoms with Gasteiger partial charge >= 0.3 is 6.09 Å². The summed E-state index contributed by atoms with van der Waals surface area (Å²) in [4.78, 5) is 12.9. The van der Waals surface area contributed by atoms with Crippen LogP contribution in [0.1, 0.15) is 27.7 Å². The second kappa shape index (κ2) is 4.80. The van der Waals surface area contributed by atoms with Crippen LogP contribution in [0.5, 0.6) is 0 Å². The molecule has 0 bridgehead atoms. The van der Waals surface area contributed by atoms with E-state index in [1.165, 1.54) is 6.92 Å². The third-order valence-corrected chi connectivity index (χ3v) is 2.60. The van der Waals surface area contributed by atoms with Crippen LogP contribution in [0, 0.1) is 0 Å². The monoisotopic (exact) mass is 276 g/mol. The molecule has 1 aliphatic heterocycles. The molecule has 1 saturated heterocycles. The molecule has 102 valence electrons. The molecular formula is C12H18ClFN2O2. The van der Waals surface area contributed by atoms with E-state index in [1.54, 1.807) is 20.8 Å². The fraction of sp³-hybridized carbons (Fsp3) is 0.583. The van der Waals surface area contributed by atoms with Crippen molar-refractivity contribution in [2.24, 2.45) is 0 Å². The first-order valence-corrected chi connectivity index (χ1v) is 5.97. The van der Waals surface area contributed by atoms with E-state index in [2.05, 4.69) is 11.9 Å². The van der Waals surface area contributed by atoms with E-state index < -0.39 is 17.5 Å². The minimum absolute atomic E-state index is 0.0240. The Hall–Kier alpha value is -1.23. The van der Waals surface area contributed by atoms with Crippen LogP contribution in [0.4, 0.5) is 9.18 Å². The van der Waals surface area contributed by atoms with Gasteiger partial charge in [-0.1, -0.05) is 18.2 Å². The van der Waals surface area contributed by atoms with Gasteiger partial charge in [0.15, 0.2) is 0 Å². The van der Waals surface area contributed by atoms with E-state index in [0.29, 0.717) is 5.70 Å². The highest BCUT2D eigenvalue weighted by Gasteiger charge is 2.44. The molecule has 1 N–H and O–H groups in total. The van der Waals surface area contributed by atoms with Crippen LogP contribution >= 0.6 is 11.6 Å². The Balaban J connectivity index is 2.99. The van der Waals surface area contributed by atoms with E-state index in [4.69, 9.17) is 16.3 Å². The lowest BCUT2D eigenvalue weighted by Crippen LogP contribution is -2.57. The maximum atomic E-state index is 14.6. The van der Waals surface area contributed by atoms with Gasteiger partial charge in [0.05, 0.1) is 12.2 Å². The predicted octanol–water partition coefficient (Wildman–Crippen LogP) is 3.11. The highest BCUT2D eigenvalue weighted by molar-refractivity contribution is 6.25. The molecule has 0 aromatic rings. The number of carbonyl (C=O) groups excluding carboxylic acids is 1. The number of hydrogen-bond donors (Lipinski definition) is 1. The molecule has 0 spiro atoms. The van der Waals surface area contributed by atoms with E-state index in [1.807, 2.05) is 0 Å². The predicted molar refractivity (Wildman–Crippen MR) is 68.7 cm³/mol. The third-order valence-electron chi connectivity index (χ3n) is 2.38. The summed E-state index contributed by atoms with van der Waals surface area (Å²) in [5.74, 6) is -2.05. The first-order valence-electron chi connectivity index (χ1n) is 5.53. The maximum Gasteiger partial charge on any atom is 0.413 e. The zero-order valence-electron chi connectivity index (χ0n) is 11.0. The number of rotatable bonds is 0. The van der Waals surface area contributed by atoms with Crippen LogP contribution in [0.15, 0.2) is 23.5 Å². The van der Waals surface area contributed by atoms with Gasteiger partial charge in [0.25, 0.3) is 0 Å². The number of nitrogens with one attached hydrogen (secondary N) is 1. The van der Waals surface area contributed by atoms with Gasteiger partial charge in [-0.3, -0.25) is 4.90 Å². The highest BCUT2D eigenvalue weighted by atomic mass is 35.5. The van der Waals surface area contributed by atoms with E-state index >= 15 is 0 Å². The molecule has 1 rings (SSSR count). The molecule has 4 nitrogen and oxygen atoms in total. The van der Waals surface area contributed by atoms with E-state index in [0.717, 1.165) is 10.4 Å². The number of amides is 1. The Bertz CT molecular complexity index is 399. The summed E-state index contributed by atoms with van der Waals surface area (Å²) in [6.07, 6.45) is -0.744. The van der Waals surface area contributed by atoms with Crippen LogP contribution in [-0.2, 0) is 4.74 Å². The maximum absolute atomic E-state index is 14.6. The summed E-state index contributed by atoms with van der Waals surface area (Å²) < 4.78 is 19.7. The molecule has 1 fully saturated rings. The molecule has 1 heterocycles. The quantitative estimate of drug-likeness (QED) is 0.691. The Kier molecular flexibility index (Phi) is 3.96. The molecule has 0 aromatic heterocycles. The SMILES string of the molecule is C=C1CN(C(=O)OC(C)(C)C)C(C)(F)/C(=C/Cl)N1.